The highest BCUT2D eigenvalue weighted by Gasteiger charge is 2.16. The highest BCUT2D eigenvalue weighted by atomic mass is 32.2. The van der Waals surface area contributed by atoms with Crippen LogP contribution in [0.5, 0.6) is 5.75 Å². The Morgan fingerprint density at radius 1 is 1.30 bits per heavy atom. The number of hydrogen-bond acceptors (Lipinski definition) is 5. The summed E-state index contributed by atoms with van der Waals surface area (Å²) >= 11 is 1.44. The summed E-state index contributed by atoms with van der Waals surface area (Å²) in [6, 6.07) is 6.53. The van der Waals surface area contributed by atoms with E-state index in [9.17, 15) is 8.42 Å². The van der Waals surface area contributed by atoms with Crippen LogP contribution in [0.15, 0.2) is 39.9 Å². The lowest BCUT2D eigenvalue weighted by Gasteiger charge is -2.11. The van der Waals surface area contributed by atoms with Crippen LogP contribution >= 0.6 is 11.3 Å². The zero-order valence-electron chi connectivity index (χ0n) is 11.2. The standard InChI is InChI=1S/C13H16N2O3S2/c1-14-8-10-7-12(3-4-13(10)18-2)20(16,17)15-11-5-6-19-9-11/h3-7,9,14-15H,8H2,1-2H3. The Hall–Kier alpha value is -1.57. The fourth-order valence-corrected chi connectivity index (χ4v) is 3.55. The molecule has 0 aliphatic rings. The average molecular weight is 312 g/mol. The van der Waals surface area contributed by atoms with E-state index in [0.717, 1.165) is 5.56 Å². The predicted molar refractivity (Wildman–Crippen MR) is 80.9 cm³/mol. The van der Waals surface area contributed by atoms with Gasteiger partial charge in [-0.05, 0) is 36.7 Å². The Morgan fingerprint density at radius 2 is 2.10 bits per heavy atom. The van der Waals surface area contributed by atoms with Crippen molar-refractivity contribution in [2.45, 2.75) is 11.4 Å². The number of anilines is 1. The molecule has 0 aliphatic carbocycles. The van der Waals surface area contributed by atoms with Crippen molar-refractivity contribution in [1.82, 2.24) is 5.32 Å². The van der Waals surface area contributed by atoms with Gasteiger partial charge < -0.3 is 10.1 Å². The zero-order chi connectivity index (χ0) is 14.6. The summed E-state index contributed by atoms with van der Waals surface area (Å²) in [5.74, 6) is 0.661. The summed E-state index contributed by atoms with van der Waals surface area (Å²) in [5, 5.41) is 6.55. The van der Waals surface area contributed by atoms with Crippen LogP contribution in [0.2, 0.25) is 0 Å². The molecule has 108 valence electrons. The van der Waals surface area contributed by atoms with E-state index in [0.29, 0.717) is 18.0 Å². The molecule has 0 spiro atoms. The second kappa shape index (κ2) is 6.25. The molecule has 5 nitrogen and oxygen atoms in total. The maximum Gasteiger partial charge on any atom is 0.261 e. The SMILES string of the molecule is CNCc1cc(S(=O)(=O)Nc2ccsc2)ccc1OC. The van der Waals surface area contributed by atoms with Crippen LogP contribution < -0.4 is 14.8 Å². The smallest absolute Gasteiger partial charge is 0.261 e. The molecule has 20 heavy (non-hydrogen) atoms. The molecule has 0 atom stereocenters. The van der Waals surface area contributed by atoms with Gasteiger partial charge in [0.25, 0.3) is 10.0 Å². The van der Waals surface area contributed by atoms with Crippen molar-refractivity contribution >= 4 is 27.0 Å². The highest BCUT2D eigenvalue weighted by Crippen LogP contribution is 2.24. The molecule has 0 aliphatic heterocycles. The van der Waals surface area contributed by atoms with Gasteiger partial charge in [0.05, 0.1) is 17.7 Å². The number of benzene rings is 1. The first kappa shape index (κ1) is 14.8. The van der Waals surface area contributed by atoms with E-state index in [2.05, 4.69) is 10.0 Å². The van der Waals surface area contributed by atoms with Crippen LogP contribution in [0.25, 0.3) is 0 Å². The first-order valence-corrected chi connectivity index (χ1v) is 8.36. The predicted octanol–water partition coefficient (Wildman–Crippen LogP) is 2.28. The van der Waals surface area contributed by atoms with Crippen molar-refractivity contribution in [2.75, 3.05) is 18.9 Å². The third-order valence-electron chi connectivity index (χ3n) is 2.70. The molecule has 0 saturated carbocycles. The summed E-state index contributed by atoms with van der Waals surface area (Å²) < 4.78 is 32.3. The summed E-state index contributed by atoms with van der Waals surface area (Å²) in [6.45, 7) is 0.533. The lowest BCUT2D eigenvalue weighted by atomic mass is 10.2. The Kier molecular flexibility index (Phi) is 4.64. The Morgan fingerprint density at radius 3 is 2.70 bits per heavy atom. The molecule has 0 amide bonds. The molecule has 0 radical (unpaired) electrons. The maximum atomic E-state index is 12.3. The largest absolute Gasteiger partial charge is 0.496 e. The molecule has 7 heteroatoms. The number of rotatable bonds is 6. The van der Waals surface area contributed by atoms with Crippen LogP contribution in [-0.4, -0.2) is 22.6 Å². The second-order valence-corrected chi connectivity index (χ2v) is 6.58. The van der Waals surface area contributed by atoms with E-state index in [-0.39, 0.29) is 4.90 Å². The van der Waals surface area contributed by atoms with Gasteiger partial charge in [-0.25, -0.2) is 8.42 Å². The van der Waals surface area contributed by atoms with E-state index in [1.165, 1.54) is 17.4 Å². The Bertz CT molecular complexity index is 667. The van der Waals surface area contributed by atoms with Crippen molar-refractivity contribution in [3.05, 3.63) is 40.6 Å². The first-order chi connectivity index (χ1) is 9.56. The van der Waals surface area contributed by atoms with Gasteiger partial charge in [0.2, 0.25) is 0 Å². The lowest BCUT2D eigenvalue weighted by Crippen LogP contribution is -2.14. The van der Waals surface area contributed by atoms with E-state index < -0.39 is 10.0 Å². The molecule has 1 heterocycles. The van der Waals surface area contributed by atoms with Gasteiger partial charge in [-0.1, -0.05) is 0 Å². The van der Waals surface area contributed by atoms with Gasteiger partial charge in [-0.3, -0.25) is 4.72 Å². The number of methoxy groups -OCH3 is 1. The number of sulfonamides is 1. The van der Waals surface area contributed by atoms with E-state index in [1.807, 2.05) is 5.38 Å². The molecular formula is C13H16N2O3S2. The van der Waals surface area contributed by atoms with E-state index >= 15 is 0 Å². The summed E-state index contributed by atoms with van der Waals surface area (Å²) in [5.41, 5.74) is 1.36. The molecule has 0 saturated heterocycles. The first-order valence-electron chi connectivity index (χ1n) is 5.93. The van der Waals surface area contributed by atoms with Gasteiger partial charge in [-0.2, -0.15) is 11.3 Å². The van der Waals surface area contributed by atoms with Crippen LogP contribution in [0.3, 0.4) is 0 Å². The lowest BCUT2D eigenvalue weighted by molar-refractivity contribution is 0.408. The van der Waals surface area contributed by atoms with Crippen molar-refractivity contribution in [3.63, 3.8) is 0 Å². The summed E-state index contributed by atoms with van der Waals surface area (Å²) in [7, 11) is -0.218. The molecule has 2 N–H and O–H groups in total. The van der Waals surface area contributed by atoms with Crippen molar-refractivity contribution < 1.29 is 13.2 Å². The average Bonchev–Trinajstić information content (AvgIpc) is 2.91. The normalized spacial score (nSPS) is 11.3. The molecular weight excluding hydrogens is 296 g/mol. The van der Waals surface area contributed by atoms with Gasteiger partial charge in [-0.15, -0.1) is 0 Å². The van der Waals surface area contributed by atoms with Gasteiger partial charge in [0.15, 0.2) is 0 Å². The Balaban J connectivity index is 2.34. The molecule has 0 fully saturated rings. The fourth-order valence-electron chi connectivity index (χ4n) is 1.79. The molecule has 1 aromatic heterocycles. The zero-order valence-corrected chi connectivity index (χ0v) is 12.8. The topological polar surface area (TPSA) is 67.4 Å². The van der Waals surface area contributed by atoms with Crippen LogP contribution in [0.1, 0.15) is 5.56 Å². The third-order valence-corrected chi connectivity index (χ3v) is 4.76. The fraction of sp³-hybridized carbons (Fsp3) is 0.231. The minimum absolute atomic E-state index is 0.217. The van der Waals surface area contributed by atoms with E-state index in [4.69, 9.17) is 4.74 Å². The quantitative estimate of drug-likeness (QED) is 0.859. The maximum absolute atomic E-state index is 12.3. The molecule has 1 aromatic carbocycles. The van der Waals surface area contributed by atoms with Crippen LogP contribution in [0.4, 0.5) is 5.69 Å². The number of thiophene rings is 1. The minimum atomic E-state index is -3.58. The molecule has 2 aromatic rings. The molecule has 0 bridgehead atoms. The summed E-state index contributed by atoms with van der Waals surface area (Å²) in [4.78, 5) is 0.217. The van der Waals surface area contributed by atoms with Crippen LogP contribution in [0, 0.1) is 0 Å². The highest BCUT2D eigenvalue weighted by molar-refractivity contribution is 7.92. The molecule has 0 unspecified atom stereocenters. The van der Waals surface area contributed by atoms with Gasteiger partial charge in [0.1, 0.15) is 5.75 Å². The number of nitrogens with one attached hydrogen (secondary N) is 2. The van der Waals surface area contributed by atoms with Gasteiger partial charge >= 0.3 is 0 Å². The van der Waals surface area contributed by atoms with Gasteiger partial charge in [0, 0.05) is 17.5 Å². The number of ether oxygens (including phenoxy) is 1. The number of hydrogen-bond donors (Lipinski definition) is 2. The molecule has 2 rings (SSSR count). The van der Waals surface area contributed by atoms with Crippen LogP contribution in [-0.2, 0) is 16.6 Å². The monoisotopic (exact) mass is 312 g/mol. The van der Waals surface area contributed by atoms with E-state index in [1.54, 1.807) is 37.7 Å². The second-order valence-electron chi connectivity index (χ2n) is 4.12. The van der Waals surface area contributed by atoms with Crippen molar-refractivity contribution in [3.8, 4) is 5.75 Å². The minimum Gasteiger partial charge on any atom is -0.496 e. The third kappa shape index (κ3) is 3.30. The van der Waals surface area contributed by atoms with Crippen molar-refractivity contribution in [2.24, 2.45) is 0 Å². The van der Waals surface area contributed by atoms with Crippen molar-refractivity contribution in [1.29, 1.82) is 0 Å². The summed E-state index contributed by atoms with van der Waals surface area (Å²) in [6.07, 6.45) is 0. The Labute approximate surface area is 122 Å².